The fourth-order valence-corrected chi connectivity index (χ4v) is 1.70. The minimum Gasteiger partial charge on any atom is -0.354 e. The lowest BCUT2D eigenvalue weighted by molar-refractivity contribution is -0.114. The van der Waals surface area contributed by atoms with Crippen LogP contribution in [0.5, 0.6) is 0 Å². The second kappa shape index (κ2) is 5.97. The van der Waals surface area contributed by atoms with Crippen molar-refractivity contribution in [2.75, 3.05) is 10.6 Å². The summed E-state index contributed by atoms with van der Waals surface area (Å²) in [5.41, 5.74) is 2.24. The largest absolute Gasteiger partial charge is 0.354 e. The first-order valence-electron chi connectivity index (χ1n) is 6.16. The summed E-state index contributed by atoms with van der Waals surface area (Å²) in [6, 6.07) is 10.7. The third-order valence-electron chi connectivity index (χ3n) is 2.63. The number of carbonyl (C=O) groups excluding carboxylic acids is 2. The van der Waals surface area contributed by atoms with Crippen molar-refractivity contribution in [2.24, 2.45) is 0 Å². The molecule has 0 saturated heterocycles. The van der Waals surface area contributed by atoms with Crippen LogP contribution >= 0.6 is 0 Å². The zero-order valence-corrected chi connectivity index (χ0v) is 11.3. The fraction of sp³-hybridized carbons (Fsp3) is 0.133. The van der Waals surface area contributed by atoms with Crippen molar-refractivity contribution in [3.8, 4) is 0 Å². The van der Waals surface area contributed by atoms with Gasteiger partial charge in [-0.05, 0) is 31.2 Å². The van der Waals surface area contributed by atoms with Gasteiger partial charge in [0, 0.05) is 18.2 Å². The van der Waals surface area contributed by atoms with Gasteiger partial charge in [0.05, 0.1) is 11.9 Å². The number of rotatable bonds is 4. The van der Waals surface area contributed by atoms with Crippen molar-refractivity contribution in [2.45, 2.75) is 13.8 Å². The maximum Gasteiger partial charge on any atom is 0.222 e. The average molecular weight is 269 g/mol. The quantitative estimate of drug-likeness (QED) is 0.837. The van der Waals surface area contributed by atoms with E-state index < -0.39 is 0 Å². The molecule has 0 unspecified atom stereocenters. The molecular weight excluding hydrogens is 254 g/mol. The SMILES string of the molecule is CC(=O)Nc1ccc(Nc2cccc(C(C)=O)c2)cn1. The predicted molar refractivity (Wildman–Crippen MR) is 78.3 cm³/mol. The van der Waals surface area contributed by atoms with Crippen LogP contribution in [-0.2, 0) is 4.79 Å². The molecule has 1 aromatic carbocycles. The second-order valence-corrected chi connectivity index (χ2v) is 4.38. The maximum absolute atomic E-state index is 11.3. The number of nitrogens with one attached hydrogen (secondary N) is 2. The second-order valence-electron chi connectivity index (χ2n) is 4.38. The van der Waals surface area contributed by atoms with E-state index in [1.54, 1.807) is 30.5 Å². The van der Waals surface area contributed by atoms with E-state index in [9.17, 15) is 9.59 Å². The normalized spacial score (nSPS) is 9.90. The molecule has 1 amide bonds. The van der Waals surface area contributed by atoms with Crippen LogP contribution in [0.15, 0.2) is 42.6 Å². The molecule has 5 nitrogen and oxygen atoms in total. The van der Waals surface area contributed by atoms with Gasteiger partial charge < -0.3 is 10.6 Å². The van der Waals surface area contributed by atoms with Gasteiger partial charge in [0.25, 0.3) is 0 Å². The number of aromatic nitrogens is 1. The smallest absolute Gasteiger partial charge is 0.222 e. The molecule has 0 fully saturated rings. The Hall–Kier alpha value is -2.69. The van der Waals surface area contributed by atoms with Gasteiger partial charge >= 0.3 is 0 Å². The number of Topliss-reactive ketones (excluding diaryl/α,β-unsaturated/α-hetero) is 1. The molecule has 0 saturated carbocycles. The lowest BCUT2D eigenvalue weighted by Crippen LogP contribution is -2.07. The summed E-state index contributed by atoms with van der Waals surface area (Å²) in [7, 11) is 0. The Kier molecular flexibility index (Phi) is 4.10. The molecule has 0 aliphatic rings. The molecule has 0 bridgehead atoms. The van der Waals surface area contributed by atoms with Gasteiger partial charge in [-0.15, -0.1) is 0 Å². The molecule has 2 aromatic rings. The summed E-state index contributed by atoms with van der Waals surface area (Å²) in [6.07, 6.45) is 1.62. The first-order valence-corrected chi connectivity index (χ1v) is 6.16. The number of hydrogen-bond acceptors (Lipinski definition) is 4. The van der Waals surface area contributed by atoms with Crippen LogP contribution in [0.4, 0.5) is 17.2 Å². The molecular formula is C15H15N3O2. The number of amides is 1. The van der Waals surface area contributed by atoms with Gasteiger partial charge in [0.2, 0.25) is 5.91 Å². The predicted octanol–water partition coefficient (Wildman–Crippen LogP) is 2.99. The van der Waals surface area contributed by atoms with Crippen LogP contribution in [0.2, 0.25) is 0 Å². The van der Waals surface area contributed by atoms with Crippen molar-refractivity contribution < 1.29 is 9.59 Å². The van der Waals surface area contributed by atoms with Gasteiger partial charge in [0.1, 0.15) is 5.82 Å². The molecule has 2 rings (SSSR count). The number of carbonyl (C=O) groups is 2. The van der Waals surface area contributed by atoms with Crippen LogP contribution in [-0.4, -0.2) is 16.7 Å². The summed E-state index contributed by atoms with van der Waals surface area (Å²) < 4.78 is 0. The zero-order valence-electron chi connectivity index (χ0n) is 11.3. The zero-order chi connectivity index (χ0) is 14.5. The highest BCUT2D eigenvalue weighted by atomic mass is 16.1. The Bertz CT molecular complexity index is 636. The van der Waals surface area contributed by atoms with E-state index in [1.807, 2.05) is 12.1 Å². The number of nitrogens with zero attached hydrogens (tertiary/aromatic N) is 1. The lowest BCUT2D eigenvalue weighted by atomic mass is 10.1. The fourth-order valence-electron chi connectivity index (χ4n) is 1.70. The van der Waals surface area contributed by atoms with Gasteiger partial charge in [-0.1, -0.05) is 12.1 Å². The summed E-state index contributed by atoms with van der Waals surface area (Å²) in [5.74, 6) is 0.362. The van der Waals surface area contributed by atoms with E-state index in [0.717, 1.165) is 11.4 Å². The van der Waals surface area contributed by atoms with E-state index >= 15 is 0 Å². The average Bonchev–Trinajstić information content (AvgIpc) is 2.41. The van der Waals surface area contributed by atoms with Crippen LogP contribution in [0.25, 0.3) is 0 Å². The third kappa shape index (κ3) is 3.65. The number of benzene rings is 1. The highest BCUT2D eigenvalue weighted by molar-refractivity contribution is 5.95. The molecule has 20 heavy (non-hydrogen) atoms. The standard InChI is InChI=1S/C15H15N3O2/c1-10(19)12-4-3-5-13(8-12)18-14-6-7-15(16-9-14)17-11(2)20/h3-9,18H,1-2H3,(H,16,17,20). The van der Waals surface area contributed by atoms with E-state index in [-0.39, 0.29) is 11.7 Å². The van der Waals surface area contributed by atoms with E-state index in [4.69, 9.17) is 0 Å². The van der Waals surface area contributed by atoms with Gasteiger partial charge in [-0.25, -0.2) is 4.98 Å². The molecule has 0 atom stereocenters. The molecule has 0 radical (unpaired) electrons. The monoisotopic (exact) mass is 269 g/mol. The maximum atomic E-state index is 11.3. The number of hydrogen-bond donors (Lipinski definition) is 2. The number of ketones is 1. The first-order chi connectivity index (χ1) is 9.54. The van der Waals surface area contributed by atoms with Gasteiger partial charge in [-0.3, -0.25) is 9.59 Å². The van der Waals surface area contributed by atoms with Crippen molar-refractivity contribution in [1.29, 1.82) is 0 Å². The molecule has 0 aliphatic heterocycles. The van der Waals surface area contributed by atoms with Gasteiger partial charge in [-0.2, -0.15) is 0 Å². The van der Waals surface area contributed by atoms with Gasteiger partial charge in [0.15, 0.2) is 5.78 Å². The van der Waals surface area contributed by atoms with E-state index in [0.29, 0.717) is 11.4 Å². The Morgan fingerprint density at radius 1 is 1.05 bits per heavy atom. The first kappa shape index (κ1) is 13.7. The minimum atomic E-state index is -0.160. The molecule has 102 valence electrons. The molecule has 1 heterocycles. The third-order valence-corrected chi connectivity index (χ3v) is 2.63. The Morgan fingerprint density at radius 3 is 2.45 bits per heavy atom. The minimum absolute atomic E-state index is 0.0211. The molecule has 0 aliphatic carbocycles. The summed E-state index contributed by atoms with van der Waals surface area (Å²) in [4.78, 5) is 26.3. The van der Waals surface area contributed by atoms with Crippen LogP contribution < -0.4 is 10.6 Å². The van der Waals surface area contributed by atoms with Crippen molar-refractivity contribution in [3.63, 3.8) is 0 Å². The summed E-state index contributed by atoms with van der Waals surface area (Å²) in [5, 5.41) is 5.75. The van der Waals surface area contributed by atoms with Crippen LogP contribution in [0, 0.1) is 0 Å². The Labute approximate surface area is 117 Å². The van der Waals surface area contributed by atoms with E-state index in [2.05, 4.69) is 15.6 Å². The number of pyridine rings is 1. The highest BCUT2D eigenvalue weighted by Gasteiger charge is 2.02. The Balaban J connectivity index is 2.11. The van der Waals surface area contributed by atoms with E-state index in [1.165, 1.54) is 13.8 Å². The van der Waals surface area contributed by atoms with Crippen molar-refractivity contribution in [1.82, 2.24) is 4.98 Å². The summed E-state index contributed by atoms with van der Waals surface area (Å²) >= 11 is 0. The van der Waals surface area contributed by atoms with Crippen molar-refractivity contribution in [3.05, 3.63) is 48.2 Å². The molecule has 2 N–H and O–H groups in total. The molecule has 0 spiro atoms. The number of anilines is 3. The summed E-state index contributed by atoms with van der Waals surface area (Å²) in [6.45, 7) is 2.96. The highest BCUT2D eigenvalue weighted by Crippen LogP contribution is 2.18. The van der Waals surface area contributed by atoms with Crippen LogP contribution in [0.1, 0.15) is 24.2 Å². The molecule has 1 aromatic heterocycles. The molecule has 5 heteroatoms. The van der Waals surface area contributed by atoms with Crippen LogP contribution in [0.3, 0.4) is 0 Å². The Morgan fingerprint density at radius 2 is 1.85 bits per heavy atom. The van der Waals surface area contributed by atoms with Crippen molar-refractivity contribution >= 4 is 28.9 Å². The topological polar surface area (TPSA) is 71.1 Å². The lowest BCUT2D eigenvalue weighted by Gasteiger charge is -2.08.